The summed E-state index contributed by atoms with van der Waals surface area (Å²) in [6.07, 6.45) is 42.8. The fourth-order valence-corrected chi connectivity index (χ4v) is 5.76. The summed E-state index contributed by atoms with van der Waals surface area (Å²) >= 11 is 0. The molecule has 0 bridgehead atoms. The first-order chi connectivity index (χ1) is 25.2. The minimum Gasteiger partial charge on any atom is -0.480 e. The quantitative estimate of drug-likeness (QED) is 0.0242. The van der Waals surface area contributed by atoms with Crippen LogP contribution in [0.15, 0.2) is 60.8 Å². The molecule has 0 aromatic rings. The van der Waals surface area contributed by atoms with Crippen LogP contribution >= 0.6 is 7.82 Å². The lowest BCUT2D eigenvalue weighted by molar-refractivity contribution is -0.154. The third kappa shape index (κ3) is 36.0. The molecule has 0 heterocycles. The molecule has 3 unspecified atom stereocenters. The number of hydrogen-bond donors (Lipinski definition) is 3. The molecule has 52 heavy (non-hydrogen) atoms. The van der Waals surface area contributed by atoms with E-state index in [2.05, 4.69) is 79.1 Å². The van der Waals surface area contributed by atoms with E-state index in [1.165, 1.54) is 38.5 Å². The predicted octanol–water partition coefficient (Wildman–Crippen LogP) is 10.5. The molecule has 0 aliphatic carbocycles. The molecule has 0 aliphatic rings. The van der Waals surface area contributed by atoms with Crippen LogP contribution in [0.3, 0.4) is 0 Å². The first-order valence-electron chi connectivity index (χ1n) is 19.8. The van der Waals surface area contributed by atoms with E-state index < -0.39 is 45.1 Å². The topological polar surface area (TPSA) is 155 Å². The van der Waals surface area contributed by atoms with Gasteiger partial charge in [-0.05, 0) is 57.8 Å². The van der Waals surface area contributed by atoms with Gasteiger partial charge in [0, 0.05) is 13.0 Å². The molecule has 4 N–H and O–H groups in total. The molecule has 0 rings (SSSR count). The Kier molecular flexibility index (Phi) is 35.3. The van der Waals surface area contributed by atoms with Crippen LogP contribution in [0.1, 0.15) is 149 Å². The molecule has 0 aromatic carbocycles. The van der Waals surface area contributed by atoms with Crippen LogP contribution in [-0.4, -0.2) is 60.5 Å². The van der Waals surface area contributed by atoms with Crippen molar-refractivity contribution in [2.45, 2.75) is 161 Å². The fraction of sp³-hybridized carbons (Fsp3) is 0.707. The second-order valence-electron chi connectivity index (χ2n) is 13.0. The number of unbranched alkanes of at least 4 members (excludes halogenated alkanes) is 13. The van der Waals surface area contributed by atoms with E-state index in [0.717, 1.165) is 83.5 Å². The summed E-state index contributed by atoms with van der Waals surface area (Å²) in [6.45, 7) is 3.70. The Hall–Kier alpha value is -2.33. The highest BCUT2D eigenvalue weighted by atomic mass is 31.2. The number of ether oxygens (including phenoxy) is 2. The van der Waals surface area contributed by atoms with Gasteiger partial charge >= 0.3 is 19.8 Å². The first kappa shape index (κ1) is 49.7. The number of hydrogen-bond acceptors (Lipinski definition) is 8. The van der Waals surface area contributed by atoms with Crippen molar-refractivity contribution in [3.63, 3.8) is 0 Å². The maximum absolute atomic E-state index is 12.6. The monoisotopic (exact) mass is 753 g/mol. The highest BCUT2D eigenvalue weighted by Gasteiger charge is 2.27. The van der Waals surface area contributed by atoms with Crippen LogP contribution in [-0.2, 0) is 32.7 Å². The largest absolute Gasteiger partial charge is 0.480 e. The predicted molar refractivity (Wildman–Crippen MR) is 212 cm³/mol. The van der Waals surface area contributed by atoms with Gasteiger partial charge in [-0.15, -0.1) is 0 Å². The van der Waals surface area contributed by atoms with Crippen molar-refractivity contribution < 1.29 is 42.7 Å². The van der Waals surface area contributed by atoms with Crippen LogP contribution in [0.2, 0.25) is 0 Å². The van der Waals surface area contributed by atoms with Crippen molar-refractivity contribution in [3.8, 4) is 0 Å². The number of carboxylic acid groups (broad SMARTS) is 1. The van der Waals surface area contributed by atoms with Crippen LogP contribution in [0.4, 0.5) is 0 Å². The lowest BCUT2D eigenvalue weighted by Gasteiger charge is -2.20. The molecule has 0 radical (unpaired) electrons. The zero-order chi connectivity index (χ0) is 38.4. The Morgan fingerprint density at radius 3 is 1.67 bits per heavy atom. The summed E-state index contributed by atoms with van der Waals surface area (Å²) in [6, 6.07) is -1.48. The number of phosphoric ester groups is 1. The second-order valence-corrected chi connectivity index (χ2v) is 14.5. The summed E-state index contributed by atoms with van der Waals surface area (Å²) in [5.74, 6) is -1.80. The van der Waals surface area contributed by atoms with E-state index in [4.69, 9.17) is 24.8 Å². The van der Waals surface area contributed by atoms with Gasteiger partial charge in [0.1, 0.15) is 12.1 Å². The molecule has 0 aliphatic heterocycles. The van der Waals surface area contributed by atoms with Crippen LogP contribution in [0.5, 0.6) is 0 Å². The Bertz CT molecular complexity index is 1060. The van der Waals surface area contributed by atoms with Crippen molar-refractivity contribution in [2.75, 3.05) is 26.4 Å². The van der Waals surface area contributed by atoms with Gasteiger partial charge in [0.15, 0.2) is 0 Å². The third-order valence-corrected chi connectivity index (χ3v) is 9.01. The number of allylic oxidation sites excluding steroid dienone is 10. The van der Waals surface area contributed by atoms with Gasteiger partial charge in [-0.2, -0.15) is 0 Å². The van der Waals surface area contributed by atoms with Crippen molar-refractivity contribution in [2.24, 2.45) is 5.73 Å². The summed E-state index contributed by atoms with van der Waals surface area (Å²) in [4.78, 5) is 33.4. The number of esters is 1. The summed E-state index contributed by atoms with van der Waals surface area (Å²) < 4.78 is 33.2. The van der Waals surface area contributed by atoms with E-state index in [9.17, 15) is 19.0 Å². The van der Waals surface area contributed by atoms with Gasteiger partial charge < -0.3 is 25.2 Å². The molecule has 0 saturated heterocycles. The molecule has 11 heteroatoms. The van der Waals surface area contributed by atoms with E-state index in [0.29, 0.717) is 13.0 Å². The van der Waals surface area contributed by atoms with E-state index in [1.807, 2.05) is 0 Å². The van der Waals surface area contributed by atoms with Gasteiger partial charge in [-0.25, -0.2) is 4.57 Å². The molecule has 300 valence electrons. The van der Waals surface area contributed by atoms with Crippen molar-refractivity contribution in [1.29, 1.82) is 0 Å². The zero-order valence-corrected chi connectivity index (χ0v) is 33.3. The van der Waals surface area contributed by atoms with Crippen molar-refractivity contribution in [1.82, 2.24) is 0 Å². The molecule has 0 spiro atoms. The molecular weight excluding hydrogens is 681 g/mol. The van der Waals surface area contributed by atoms with Crippen LogP contribution in [0.25, 0.3) is 0 Å². The molecule has 0 amide bonds. The van der Waals surface area contributed by atoms with E-state index in [-0.39, 0.29) is 13.0 Å². The van der Waals surface area contributed by atoms with Gasteiger partial charge in [0.05, 0.1) is 19.8 Å². The molecule has 0 aromatic heterocycles. The number of carboxylic acids is 1. The molecule has 3 atom stereocenters. The average molecular weight is 754 g/mol. The molecule has 10 nitrogen and oxygen atoms in total. The first-order valence-corrected chi connectivity index (χ1v) is 21.3. The smallest absolute Gasteiger partial charge is 0.472 e. The second kappa shape index (κ2) is 37.0. The van der Waals surface area contributed by atoms with Gasteiger partial charge in [0.25, 0.3) is 0 Å². The number of carbonyl (C=O) groups is 2. The fourth-order valence-electron chi connectivity index (χ4n) is 4.98. The molecular formula is C41H72NO9P. The van der Waals surface area contributed by atoms with E-state index >= 15 is 0 Å². The van der Waals surface area contributed by atoms with E-state index in [1.54, 1.807) is 0 Å². The van der Waals surface area contributed by atoms with Gasteiger partial charge in [0.2, 0.25) is 0 Å². The maximum Gasteiger partial charge on any atom is 0.472 e. The average Bonchev–Trinajstić information content (AvgIpc) is 3.12. The van der Waals surface area contributed by atoms with Gasteiger partial charge in [-0.1, -0.05) is 145 Å². The Morgan fingerprint density at radius 1 is 0.635 bits per heavy atom. The Balaban J connectivity index is 4.27. The Labute approximate surface area is 315 Å². The number of phosphoric acid groups is 1. The molecule has 0 fully saturated rings. The van der Waals surface area contributed by atoms with Crippen LogP contribution < -0.4 is 5.73 Å². The number of nitrogens with two attached hydrogens (primary N) is 1. The van der Waals surface area contributed by atoms with Crippen molar-refractivity contribution >= 4 is 19.8 Å². The zero-order valence-electron chi connectivity index (χ0n) is 32.4. The summed E-state index contributed by atoms with van der Waals surface area (Å²) in [7, 11) is -4.61. The third-order valence-electron chi connectivity index (χ3n) is 8.06. The molecule has 0 saturated carbocycles. The lowest BCUT2D eigenvalue weighted by atomic mass is 10.1. The number of carbonyl (C=O) groups excluding carboxylic acids is 1. The maximum atomic E-state index is 12.6. The minimum atomic E-state index is -4.61. The summed E-state index contributed by atoms with van der Waals surface area (Å²) in [5.41, 5.74) is 5.33. The summed E-state index contributed by atoms with van der Waals surface area (Å²) in [5, 5.41) is 8.86. The number of aliphatic carboxylic acids is 1. The Morgan fingerprint density at radius 2 is 1.12 bits per heavy atom. The number of rotatable bonds is 37. The van der Waals surface area contributed by atoms with Gasteiger partial charge in [-0.3, -0.25) is 18.6 Å². The van der Waals surface area contributed by atoms with Crippen molar-refractivity contribution in [3.05, 3.63) is 60.8 Å². The minimum absolute atomic E-state index is 0.00714. The highest BCUT2D eigenvalue weighted by molar-refractivity contribution is 7.47. The SMILES string of the molecule is CC/C=C\C/C=C\C/C=C\C/C=C\C/C=C\CCCCCCCC(=O)OC(COCCCCCCCCCCC)COP(=O)(O)OCC(N)C(=O)O. The normalized spacial score (nSPS) is 14.7. The highest BCUT2D eigenvalue weighted by Crippen LogP contribution is 2.43. The van der Waals surface area contributed by atoms with Crippen LogP contribution in [0, 0.1) is 0 Å². The lowest BCUT2D eigenvalue weighted by Crippen LogP contribution is -2.34. The standard InChI is InChI=1S/C41H72NO9P/c1-3-5-7-9-11-13-14-15-16-17-18-19-20-21-22-23-24-25-27-29-31-33-40(43)51-38(36-49-52(46,47)50-37-39(42)41(44)45)35-48-34-32-30-28-26-12-10-8-6-4-2/h5,7,11,13,15-16,18-19,21-22,38-39H,3-4,6,8-10,12,14,17,20,23-37,42H2,1-2H3,(H,44,45)(H,46,47)/b7-5-,13-11-,16-15-,19-18-,22-21-.